The lowest BCUT2D eigenvalue weighted by atomic mass is 9.95. The number of nitrogens with zero attached hydrogens (tertiary/aromatic N) is 1. The van der Waals surface area contributed by atoms with Gasteiger partial charge in [0, 0.05) is 11.1 Å². The molecule has 0 aromatic heterocycles. The van der Waals surface area contributed by atoms with E-state index < -0.39 is 17.7 Å². The van der Waals surface area contributed by atoms with Gasteiger partial charge in [0.05, 0.1) is 39.5 Å². The number of ketones is 1. The van der Waals surface area contributed by atoms with Crippen molar-refractivity contribution >= 4 is 17.4 Å². The number of ether oxygens (including phenoxy) is 3. The number of hydrogen-bond acceptors (Lipinski definition) is 6. The van der Waals surface area contributed by atoms with E-state index in [1.807, 2.05) is 48.5 Å². The maximum absolute atomic E-state index is 13.2. The highest BCUT2D eigenvalue weighted by atomic mass is 16.5. The van der Waals surface area contributed by atoms with Crippen LogP contribution in [-0.4, -0.2) is 43.0 Å². The number of aliphatic hydroxyl groups excluding tert-OH is 1. The second-order valence-electron chi connectivity index (χ2n) is 7.72. The number of methoxy groups -OCH3 is 3. The Morgan fingerprint density at radius 2 is 1.47 bits per heavy atom. The first kappa shape index (κ1) is 22.9. The molecular formula is C27H25NO6. The Balaban J connectivity index is 1.86. The van der Waals surface area contributed by atoms with Gasteiger partial charge in [-0.1, -0.05) is 48.5 Å². The van der Waals surface area contributed by atoms with Gasteiger partial charge in [-0.2, -0.15) is 0 Å². The molecule has 174 valence electrons. The number of hydrogen-bond donors (Lipinski definition) is 1. The van der Waals surface area contributed by atoms with Crippen LogP contribution in [0, 0.1) is 0 Å². The summed E-state index contributed by atoms with van der Waals surface area (Å²) in [4.78, 5) is 27.9. The number of amides is 1. The van der Waals surface area contributed by atoms with Crippen molar-refractivity contribution in [3.8, 4) is 17.2 Å². The summed E-state index contributed by atoms with van der Waals surface area (Å²) in [6.07, 6.45) is 0. The quantitative estimate of drug-likeness (QED) is 0.322. The number of benzene rings is 3. The second-order valence-corrected chi connectivity index (χ2v) is 7.72. The van der Waals surface area contributed by atoms with Crippen LogP contribution in [0.3, 0.4) is 0 Å². The van der Waals surface area contributed by atoms with Gasteiger partial charge in [-0.25, -0.2) is 0 Å². The van der Waals surface area contributed by atoms with Gasteiger partial charge in [-0.15, -0.1) is 0 Å². The lowest BCUT2D eigenvalue weighted by Crippen LogP contribution is -2.29. The molecule has 3 aromatic rings. The van der Waals surface area contributed by atoms with Crippen LogP contribution in [0.15, 0.2) is 78.4 Å². The van der Waals surface area contributed by atoms with Crippen LogP contribution in [0.1, 0.15) is 22.7 Å². The fourth-order valence-corrected chi connectivity index (χ4v) is 4.18. The molecule has 1 unspecified atom stereocenters. The van der Waals surface area contributed by atoms with Crippen molar-refractivity contribution in [3.63, 3.8) is 0 Å². The molecular weight excluding hydrogens is 434 g/mol. The highest BCUT2D eigenvalue weighted by Gasteiger charge is 2.46. The van der Waals surface area contributed by atoms with Crippen LogP contribution >= 0.6 is 0 Å². The van der Waals surface area contributed by atoms with Crippen molar-refractivity contribution in [2.24, 2.45) is 0 Å². The zero-order chi connectivity index (χ0) is 24.2. The molecule has 7 heteroatoms. The maximum atomic E-state index is 13.2. The predicted octanol–water partition coefficient (Wildman–Crippen LogP) is 4.33. The number of aliphatic hydroxyl groups is 1. The van der Waals surface area contributed by atoms with Gasteiger partial charge in [0.1, 0.15) is 11.5 Å². The largest absolute Gasteiger partial charge is 0.507 e. The van der Waals surface area contributed by atoms with Gasteiger partial charge in [0.25, 0.3) is 11.7 Å². The molecule has 0 saturated carbocycles. The molecule has 34 heavy (non-hydrogen) atoms. The van der Waals surface area contributed by atoms with Crippen LogP contribution < -0.4 is 14.2 Å². The number of Topliss-reactive ketones (excluding diaryl/α,β-unsaturated/α-hetero) is 1. The lowest BCUT2D eigenvalue weighted by Gasteiger charge is -2.26. The molecule has 0 spiro atoms. The molecule has 0 radical (unpaired) electrons. The molecule has 7 nitrogen and oxygen atoms in total. The van der Waals surface area contributed by atoms with Crippen LogP contribution in [-0.2, 0) is 16.1 Å². The Morgan fingerprint density at radius 1 is 0.824 bits per heavy atom. The zero-order valence-corrected chi connectivity index (χ0v) is 19.1. The Kier molecular flexibility index (Phi) is 6.54. The molecule has 1 heterocycles. The molecule has 3 aromatic carbocycles. The number of likely N-dealkylation sites (tertiary alicyclic amines) is 1. The number of rotatable bonds is 7. The first-order valence-corrected chi connectivity index (χ1v) is 10.7. The highest BCUT2D eigenvalue weighted by Crippen LogP contribution is 2.41. The SMILES string of the molecule is COc1ccccc1CN1C(=O)C(=O)/C(=C(\O)c2ccc(OC)c(OC)c2)C1c1ccccc1. The molecule has 1 N–H and O–H groups in total. The summed E-state index contributed by atoms with van der Waals surface area (Å²) < 4.78 is 16.0. The standard InChI is InChI=1S/C27H25NO6/c1-32-20-12-8-7-11-19(20)16-28-24(17-9-5-4-6-10-17)23(26(30)27(28)31)25(29)18-13-14-21(33-2)22(15-18)34-3/h4-15,24,29H,16H2,1-3H3/b25-23-. The normalized spacial score (nSPS) is 17.0. The summed E-state index contributed by atoms with van der Waals surface area (Å²) in [6.45, 7) is 0.136. The van der Waals surface area contributed by atoms with Crippen molar-refractivity contribution in [1.82, 2.24) is 4.90 Å². The van der Waals surface area contributed by atoms with Gasteiger partial charge in [0.2, 0.25) is 0 Å². The van der Waals surface area contributed by atoms with Gasteiger partial charge in [-0.05, 0) is 29.8 Å². The van der Waals surface area contributed by atoms with Gasteiger partial charge in [-0.3, -0.25) is 9.59 Å². The number of para-hydroxylation sites is 1. The van der Waals surface area contributed by atoms with Crippen molar-refractivity contribution < 1.29 is 28.9 Å². The van der Waals surface area contributed by atoms with Gasteiger partial charge in [0.15, 0.2) is 11.5 Å². The molecule has 0 bridgehead atoms. The van der Waals surface area contributed by atoms with E-state index >= 15 is 0 Å². The molecule has 0 aliphatic carbocycles. The van der Waals surface area contributed by atoms with E-state index in [1.54, 1.807) is 31.4 Å². The third kappa shape index (κ3) is 4.08. The minimum Gasteiger partial charge on any atom is -0.507 e. The summed E-state index contributed by atoms with van der Waals surface area (Å²) >= 11 is 0. The minimum atomic E-state index is -0.779. The Bertz CT molecular complexity index is 1250. The van der Waals surface area contributed by atoms with Crippen LogP contribution in [0.25, 0.3) is 5.76 Å². The minimum absolute atomic E-state index is 0.0123. The third-order valence-electron chi connectivity index (χ3n) is 5.85. The topological polar surface area (TPSA) is 85.3 Å². The first-order chi connectivity index (χ1) is 16.5. The molecule has 1 saturated heterocycles. The van der Waals surface area contributed by atoms with Crippen LogP contribution in [0.4, 0.5) is 0 Å². The zero-order valence-electron chi connectivity index (χ0n) is 19.1. The van der Waals surface area contributed by atoms with Crippen LogP contribution in [0.2, 0.25) is 0 Å². The summed E-state index contributed by atoms with van der Waals surface area (Å²) in [6, 6.07) is 20.5. The Hall–Kier alpha value is -4.26. The molecule has 1 amide bonds. The molecule has 1 aliphatic rings. The fourth-order valence-electron chi connectivity index (χ4n) is 4.18. The van der Waals surface area contributed by atoms with Gasteiger partial charge < -0.3 is 24.2 Å². The second kappa shape index (κ2) is 9.70. The number of carbonyl (C=O) groups is 2. The summed E-state index contributed by atoms with van der Waals surface area (Å²) in [5.74, 6) is -0.244. The van der Waals surface area contributed by atoms with Crippen LogP contribution in [0.5, 0.6) is 17.2 Å². The van der Waals surface area contributed by atoms with Crippen molar-refractivity contribution in [2.75, 3.05) is 21.3 Å². The molecule has 1 fully saturated rings. The van der Waals surface area contributed by atoms with E-state index in [-0.39, 0.29) is 17.9 Å². The van der Waals surface area contributed by atoms with E-state index in [9.17, 15) is 14.7 Å². The van der Waals surface area contributed by atoms with E-state index in [0.29, 0.717) is 28.4 Å². The lowest BCUT2D eigenvalue weighted by molar-refractivity contribution is -0.140. The van der Waals surface area contributed by atoms with E-state index in [0.717, 1.165) is 5.56 Å². The molecule has 1 aliphatic heterocycles. The van der Waals surface area contributed by atoms with Crippen molar-refractivity contribution in [1.29, 1.82) is 0 Å². The first-order valence-electron chi connectivity index (χ1n) is 10.7. The average Bonchev–Trinajstić information content (AvgIpc) is 3.13. The monoisotopic (exact) mass is 459 g/mol. The smallest absolute Gasteiger partial charge is 0.295 e. The predicted molar refractivity (Wildman–Crippen MR) is 127 cm³/mol. The number of carbonyl (C=O) groups excluding carboxylic acids is 2. The van der Waals surface area contributed by atoms with Crippen molar-refractivity contribution in [2.45, 2.75) is 12.6 Å². The van der Waals surface area contributed by atoms with E-state index in [2.05, 4.69) is 0 Å². The fraction of sp³-hybridized carbons (Fsp3) is 0.185. The Morgan fingerprint density at radius 3 is 2.15 bits per heavy atom. The highest BCUT2D eigenvalue weighted by molar-refractivity contribution is 6.46. The molecule has 4 rings (SSSR count). The maximum Gasteiger partial charge on any atom is 0.295 e. The third-order valence-corrected chi connectivity index (χ3v) is 5.85. The summed E-state index contributed by atoms with van der Waals surface area (Å²) in [7, 11) is 4.55. The summed E-state index contributed by atoms with van der Waals surface area (Å²) in [5.41, 5.74) is 1.81. The average molecular weight is 459 g/mol. The van der Waals surface area contributed by atoms with Crippen molar-refractivity contribution in [3.05, 3.63) is 95.1 Å². The van der Waals surface area contributed by atoms with Gasteiger partial charge >= 0.3 is 0 Å². The van der Waals surface area contributed by atoms with E-state index in [4.69, 9.17) is 14.2 Å². The Labute approximate surface area is 197 Å². The van der Waals surface area contributed by atoms with E-state index in [1.165, 1.54) is 19.1 Å². The molecule has 1 atom stereocenters. The summed E-state index contributed by atoms with van der Waals surface area (Å²) in [5, 5.41) is 11.3.